The zero-order valence-corrected chi connectivity index (χ0v) is 16.3. The maximum atomic E-state index is 12.2. The summed E-state index contributed by atoms with van der Waals surface area (Å²) >= 11 is 0. The Morgan fingerprint density at radius 2 is 1.55 bits per heavy atom. The van der Waals surface area contributed by atoms with E-state index in [1.54, 1.807) is 12.4 Å². The van der Waals surface area contributed by atoms with Crippen molar-refractivity contribution in [1.82, 2.24) is 34.6 Å². The van der Waals surface area contributed by atoms with Gasteiger partial charge < -0.3 is 21.0 Å². The highest BCUT2D eigenvalue weighted by atomic mass is 16.2. The summed E-state index contributed by atoms with van der Waals surface area (Å²) in [5, 5.41) is 3.30. The van der Waals surface area contributed by atoms with Gasteiger partial charge >= 0.3 is 6.03 Å². The lowest BCUT2D eigenvalue weighted by atomic mass is 10.1. The number of primary amides is 1. The molecule has 5 N–H and O–H groups in total. The Hall–Kier alpha value is -3.01. The van der Waals surface area contributed by atoms with Gasteiger partial charge in [0.15, 0.2) is 0 Å². The number of rotatable bonds is 7. The first-order valence-corrected chi connectivity index (χ1v) is 9.82. The van der Waals surface area contributed by atoms with Gasteiger partial charge in [-0.15, -0.1) is 0 Å². The lowest BCUT2D eigenvalue weighted by Gasteiger charge is -2.37. The van der Waals surface area contributed by atoms with E-state index in [0.29, 0.717) is 26.2 Å². The van der Waals surface area contributed by atoms with Crippen LogP contribution in [0.5, 0.6) is 0 Å². The van der Waals surface area contributed by atoms with Crippen molar-refractivity contribution in [2.75, 3.05) is 26.2 Å². The minimum Gasteiger partial charge on any atom is -0.348 e. The van der Waals surface area contributed by atoms with Crippen molar-refractivity contribution >= 4 is 11.7 Å². The second-order valence-electron chi connectivity index (χ2n) is 7.39. The smallest absolute Gasteiger partial charge is 0.348 e. The van der Waals surface area contributed by atoms with Crippen LogP contribution in [0.1, 0.15) is 17.2 Å². The standard InChI is InChI=1S/C20H26N8O/c21-20(29)28(11-9-22-10-12-28)17-3-1-16(2-4-17)13-27(14-18-23-5-6-24-18)15-19-25-7-8-26-19/h1-8,22H,9-15H2,(H3-,21,23,24,25,26,29)/p+1. The van der Waals surface area contributed by atoms with Crippen LogP contribution >= 0.6 is 0 Å². The van der Waals surface area contributed by atoms with Crippen LogP contribution in [0.15, 0.2) is 49.1 Å². The first-order chi connectivity index (χ1) is 14.2. The molecule has 0 bridgehead atoms. The number of aromatic amines is 2. The van der Waals surface area contributed by atoms with Crippen LogP contribution < -0.4 is 15.5 Å². The average Bonchev–Trinajstić information content (AvgIpc) is 3.43. The van der Waals surface area contributed by atoms with Gasteiger partial charge in [-0.2, -0.15) is 0 Å². The quantitative estimate of drug-likeness (QED) is 0.451. The first kappa shape index (κ1) is 19.3. The maximum Gasteiger partial charge on any atom is 0.419 e. The predicted octanol–water partition coefficient (Wildman–Crippen LogP) is 1.32. The number of aromatic nitrogens is 4. The van der Waals surface area contributed by atoms with Crippen LogP contribution in [0.4, 0.5) is 10.5 Å². The monoisotopic (exact) mass is 395 g/mol. The number of nitrogens with zero attached hydrogens (tertiary/aromatic N) is 4. The number of benzene rings is 1. The van der Waals surface area contributed by atoms with E-state index in [1.165, 1.54) is 0 Å². The summed E-state index contributed by atoms with van der Waals surface area (Å²) < 4.78 is 0.204. The van der Waals surface area contributed by atoms with Gasteiger partial charge in [-0.3, -0.25) is 4.90 Å². The second kappa shape index (κ2) is 8.56. The molecule has 9 nitrogen and oxygen atoms in total. The lowest BCUT2D eigenvalue weighted by molar-refractivity contribution is 0.200. The van der Waals surface area contributed by atoms with Crippen molar-refractivity contribution in [3.8, 4) is 0 Å². The molecule has 0 saturated carbocycles. The van der Waals surface area contributed by atoms with Crippen LogP contribution in [0.2, 0.25) is 0 Å². The first-order valence-electron chi connectivity index (χ1n) is 9.82. The van der Waals surface area contributed by atoms with Crippen LogP contribution in [0.25, 0.3) is 0 Å². The highest BCUT2D eigenvalue weighted by Gasteiger charge is 2.38. The van der Waals surface area contributed by atoms with Gasteiger partial charge in [-0.05, 0) is 5.56 Å². The Labute approximate surface area is 169 Å². The maximum absolute atomic E-state index is 12.2. The minimum atomic E-state index is -0.295. The number of imidazole rings is 2. The van der Waals surface area contributed by atoms with Gasteiger partial charge in [0.25, 0.3) is 0 Å². The Bertz CT molecular complexity index is 862. The number of amides is 2. The molecule has 0 spiro atoms. The normalized spacial score (nSPS) is 16.2. The topological polar surface area (TPSA) is 116 Å². The van der Waals surface area contributed by atoms with Crippen molar-refractivity contribution < 1.29 is 4.79 Å². The largest absolute Gasteiger partial charge is 0.419 e. The zero-order valence-electron chi connectivity index (χ0n) is 16.3. The number of hydrogen-bond donors (Lipinski definition) is 4. The van der Waals surface area contributed by atoms with E-state index in [9.17, 15) is 4.79 Å². The van der Waals surface area contributed by atoms with Gasteiger partial charge in [0.1, 0.15) is 30.4 Å². The van der Waals surface area contributed by atoms with Gasteiger partial charge in [-0.1, -0.05) is 12.1 Å². The molecule has 1 fully saturated rings. The molecule has 9 heteroatoms. The molecule has 0 aliphatic carbocycles. The molecule has 2 amide bonds. The Balaban J connectivity index is 1.51. The van der Waals surface area contributed by atoms with E-state index < -0.39 is 0 Å². The number of nitrogens with two attached hydrogens (primary N) is 1. The van der Waals surface area contributed by atoms with E-state index in [0.717, 1.165) is 42.5 Å². The molecular formula is C20H27N8O+. The Morgan fingerprint density at radius 1 is 0.966 bits per heavy atom. The van der Waals surface area contributed by atoms with Gasteiger partial charge in [-0.25, -0.2) is 19.2 Å². The second-order valence-corrected chi connectivity index (χ2v) is 7.39. The number of hydrogen-bond acceptors (Lipinski definition) is 5. The number of urea groups is 1. The fourth-order valence-electron chi connectivity index (χ4n) is 3.89. The minimum absolute atomic E-state index is 0.204. The third kappa shape index (κ3) is 4.37. The molecule has 0 atom stereocenters. The van der Waals surface area contributed by atoms with Crippen LogP contribution in [0.3, 0.4) is 0 Å². The molecule has 0 unspecified atom stereocenters. The molecule has 1 aromatic carbocycles. The summed E-state index contributed by atoms with van der Waals surface area (Å²) in [5.74, 6) is 1.82. The van der Waals surface area contributed by atoms with Gasteiger partial charge in [0.2, 0.25) is 0 Å². The van der Waals surface area contributed by atoms with E-state index in [-0.39, 0.29) is 10.5 Å². The number of nitrogens with one attached hydrogen (secondary N) is 3. The molecule has 2 aromatic heterocycles. The van der Waals surface area contributed by atoms with E-state index in [2.05, 4.69) is 42.3 Å². The summed E-state index contributed by atoms with van der Waals surface area (Å²) in [6, 6.07) is 7.93. The highest BCUT2D eigenvalue weighted by Crippen LogP contribution is 2.25. The lowest BCUT2D eigenvalue weighted by Crippen LogP contribution is -2.65. The Morgan fingerprint density at radius 3 is 2.03 bits per heavy atom. The third-order valence-corrected chi connectivity index (χ3v) is 5.46. The zero-order chi connectivity index (χ0) is 20.1. The summed E-state index contributed by atoms with van der Waals surface area (Å²) in [6.45, 7) is 5.02. The molecular weight excluding hydrogens is 368 g/mol. The van der Waals surface area contributed by atoms with Crippen molar-refractivity contribution in [3.05, 3.63) is 66.3 Å². The van der Waals surface area contributed by atoms with Crippen molar-refractivity contribution in [2.24, 2.45) is 5.73 Å². The SMILES string of the molecule is NC(=O)[N+]1(c2ccc(CN(Cc3ncc[nH]3)Cc3ncc[nH]3)cc2)CCNCC1. The Kier molecular flexibility index (Phi) is 5.70. The van der Waals surface area contributed by atoms with E-state index >= 15 is 0 Å². The number of quaternary nitrogens is 1. The van der Waals surface area contributed by atoms with Crippen molar-refractivity contribution in [2.45, 2.75) is 19.6 Å². The third-order valence-electron chi connectivity index (χ3n) is 5.46. The van der Waals surface area contributed by atoms with E-state index in [1.807, 2.05) is 24.5 Å². The molecule has 3 heterocycles. The molecule has 1 aliphatic rings. The number of piperazine rings is 1. The average molecular weight is 395 g/mol. The fourth-order valence-corrected chi connectivity index (χ4v) is 3.89. The molecule has 29 heavy (non-hydrogen) atoms. The van der Waals surface area contributed by atoms with Crippen LogP contribution in [-0.2, 0) is 19.6 Å². The molecule has 1 saturated heterocycles. The molecule has 4 rings (SSSR count). The van der Waals surface area contributed by atoms with Gasteiger partial charge in [0.05, 0.1) is 13.1 Å². The van der Waals surface area contributed by atoms with Crippen LogP contribution in [0, 0.1) is 0 Å². The summed E-state index contributed by atoms with van der Waals surface area (Å²) in [5.41, 5.74) is 7.89. The molecule has 0 radical (unpaired) electrons. The highest BCUT2D eigenvalue weighted by molar-refractivity contribution is 5.85. The van der Waals surface area contributed by atoms with E-state index in [4.69, 9.17) is 5.73 Å². The molecule has 3 aromatic rings. The number of H-pyrrole nitrogens is 2. The van der Waals surface area contributed by atoms with Crippen molar-refractivity contribution in [3.63, 3.8) is 0 Å². The predicted molar refractivity (Wildman–Crippen MR) is 111 cm³/mol. The van der Waals surface area contributed by atoms with Crippen molar-refractivity contribution in [1.29, 1.82) is 0 Å². The van der Waals surface area contributed by atoms with Crippen LogP contribution in [-0.4, -0.2) is 57.0 Å². The molecule has 1 aliphatic heterocycles. The summed E-state index contributed by atoms with van der Waals surface area (Å²) in [4.78, 5) is 29.5. The van der Waals surface area contributed by atoms with Gasteiger partial charge in [0, 0.05) is 56.6 Å². The summed E-state index contributed by atoms with van der Waals surface area (Å²) in [7, 11) is 0. The number of carbonyl (C=O) groups is 1. The summed E-state index contributed by atoms with van der Waals surface area (Å²) in [6.07, 6.45) is 7.18. The molecule has 152 valence electrons. The fraction of sp³-hybridized carbons (Fsp3) is 0.350. The number of carbonyl (C=O) groups excluding carboxylic acids is 1.